The molecule has 0 aromatic carbocycles. The van der Waals surface area contributed by atoms with Crippen molar-refractivity contribution in [3.05, 3.63) is 0 Å². The lowest BCUT2D eigenvalue weighted by Gasteiger charge is -2.29. The standard InChI is InChI=1S/C12H27NOS/c1-6-15-8-7-11(4)13-9-12(5,14)10(2)3/h10-11,13-14H,6-9H2,1-5H3. The summed E-state index contributed by atoms with van der Waals surface area (Å²) in [5.41, 5.74) is -0.591. The Kier molecular flexibility index (Phi) is 7.66. The Morgan fingerprint density at radius 3 is 2.40 bits per heavy atom. The van der Waals surface area contributed by atoms with E-state index in [0.29, 0.717) is 18.5 Å². The number of thioether (sulfide) groups is 1. The fourth-order valence-electron chi connectivity index (χ4n) is 1.09. The molecule has 3 heteroatoms. The summed E-state index contributed by atoms with van der Waals surface area (Å²) in [5, 5.41) is 13.4. The molecule has 0 bridgehead atoms. The van der Waals surface area contributed by atoms with Crippen molar-refractivity contribution >= 4 is 11.8 Å². The summed E-state index contributed by atoms with van der Waals surface area (Å²) in [7, 11) is 0. The SMILES string of the molecule is CCSCCC(C)NCC(C)(O)C(C)C. The highest BCUT2D eigenvalue weighted by atomic mass is 32.2. The van der Waals surface area contributed by atoms with Gasteiger partial charge in [-0.1, -0.05) is 20.8 Å². The second kappa shape index (κ2) is 7.53. The van der Waals surface area contributed by atoms with E-state index in [1.54, 1.807) is 0 Å². The molecule has 0 aliphatic rings. The number of rotatable bonds is 8. The molecular formula is C12H27NOS. The van der Waals surface area contributed by atoms with Gasteiger partial charge in [-0.15, -0.1) is 0 Å². The summed E-state index contributed by atoms with van der Waals surface area (Å²) < 4.78 is 0. The Hall–Kier alpha value is 0.270. The fraction of sp³-hybridized carbons (Fsp3) is 1.00. The molecule has 0 rings (SSSR count). The van der Waals surface area contributed by atoms with Crippen LogP contribution in [-0.4, -0.2) is 34.8 Å². The monoisotopic (exact) mass is 233 g/mol. The van der Waals surface area contributed by atoms with Crippen molar-refractivity contribution < 1.29 is 5.11 Å². The summed E-state index contributed by atoms with van der Waals surface area (Å²) in [6.07, 6.45) is 1.17. The average molecular weight is 233 g/mol. The van der Waals surface area contributed by atoms with Gasteiger partial charge in [0.1, 0.15) is 0 Å². The minimum absolute atomic E-state index is 0.294. The van der Waals surface area contributed by atoms with Crippen LogP contribution in [0.5, 0.6) is 0 Å². The third-order valence-corrected chi connectivity index (χ3v) is 3.88. The summed E-state index contributed by atoms with van der Waals surface area (Å²) in [4.78, 5) is 0. The topological polar surface area (TPSA) is 32.3 Å². The van der Waals surface area contributed by atoms with E-state index >= 15 is 0 Å². The van der Waals surface area contributed by atoms with E-state index < -0.39 is 5.60 Å². The largest absolute Gasteiger partial charge is 0.389 e. The Morgan fingerprint density at radius 2 is 1.93 bits per heavy atom. The summed E-state index contributed by atoms with van der Waals surface area (Å²) in [6, 6.07) is 0.495. The molecule has 0 radical (unpaired) electrons. The Balaban J connectivity index is 3.65. The van der Waals surface area contributed by atoms with Crippen molar-refractivity contribution in [3.63, 3.8) is 0 Å². The number of hydrogen-bond donors (Lipinski definition) is 2. The molecular weight excluding hydrogens is 206 g/mol. The minimum Gasteiger partial charge on any atom is -0.389 e. The van der Waals surface area contributed by atoms with E-state index in [2.05, 4.69) is 33.0 Å². The van der Waals surface area contributed by atoms with Crippen molar-refractivity contribution in [1.82, 2.24) is 5.32 Å². The molecule has 0 heterocycles. The van der Waals surface area contributed by atoms with Gasteiger partial charge in [-0.3, -0.25) is 0 Å². The predicted molar refractivity (Wildman–Crippen MR) is 70.5 cm³/mol. The van der Waals surface area contributed by atoms with Gasteiger partial charge in [0.15, 0.2) is 0 Å². The van der Waals surface area contributed by atoms with Gasteiger partial charge in [0.25, 0.3) is 0 Å². The molecule has 2 N–H and O–H groups in total. The number of hydrogen-bond acceptors (Lipinski definition) is 3. The zero-order valence-electron chi connectivity index (χ0n) is 10.8. The van der Waals surface area contributed by atoms with Crippen LogP contribution in [-0.2, 0) is 0 Å². The Morgan fingerprint density at radius 1 is 1.33 bits per heavy atom. The van der Waals surface area contributed by atoms with Gasteiger partial charge in [0.2, 0.25) is 0 Å². The molecule has 0 aromatic rings. The van der Waals surface area contributed by atoms with Gasteiger partial charge in [-0.2, -0.15) is 11.8 Å². The highest BCUT2D eigenvalue weighted by molar-refractivity contribution is 7.99. The second-order valence-electron chi connectivity index (χ2n) is 4.78. The normalized spacial score (nSPS) is 17.8. The molecule has 2 atom stereocenters. The van der Waals surface area contributed by atoms with Crippen LogP contribution in [0.4, 0.5) is 0 Å². The third-order valence-electron chi connectivity index (χ3n) is 2.95. The lowest BCUT2D eigenvalue weighted by Crippen LogP contribution is -2.45. The zero-order chi connectivity index (χ0) is 11.9. The highest BCUT2D eigenvalue weighted by Gasteiger charge is 2.24. The van der Waals surface area contributed by atoms with Gasteiger partial charge >= 0.3 is 0 Å². The first kappa shape index (κ1) is 15.3. The molecule has 0 saturated heterocycles. The second-order valence-corrected chi connectivity index (χ2v) is 6.17. The predicted octanol–water partition coefficient (Wildman–Crippen LogP) is 2.51. The van der Waals surface area contributed by atoms with Gasteiger partial charge in [-0.25, -0.2) is 0 Å². The first-order valence-corrected chi connectivity index (χ1v) is 7.09. The molecule has 0 aromatic heterocycles. The van der Waals surface area contributed by atoms with E-state index in [4.69, 9.17) is 0 Å². The first-order valence-electron chi connectivity index (χ1n) is 5.93. The fourth-order valence-corrected chi connectivity index (χ4v) is 1.90. The number of aliphatic hydroxyl groups is 1. The van der Waals surface area contributed by atoms with Crippen molar-refractivity contribution in [2.24, 2.45) is 5.92 Å². The van der Waals surface area contributed by atoms with Crippen molar-refractivity contribution in [2.75, 3.05) is 18.1 Å². The van der Waals surface area contributed by atoms with Crippen LogP contribution < -0.4 is 5.32 Å². The smallest absolute Gasteiger partial charge is 0.0766 e. The molecule has 15 heavy (non-hydrogen) atoms. The zero-order valence-corrected chi connectivity index (χ0v) is 11.7. The maximum absolute atomic E-state index is 10.0. The van der Waals surface area contributed by atoms with Crippen molar-refractivity contribution in [1.29, 1.82) is 0 Å². The maximum atomic E-state index is 10.0. The Bertz CT molecular complexity index is 160. The molecule has 0 aliphatic carbocycles. The van der Waals surface area contributed by atoms with E-state index in [1.165, 1.54) is 17.9 Å². The average Bonchev–Trinajstić information content (AvgIpc) is 2.15. The lowest BCUT2D eigenvalue weighted by molar-refractivity contribution is 0.0122. The van der Waals surface area contributed by atoms with E-state index in [9.17, 15) is 5.11 Å². The van der Waals surface area contributed by atoms with E-state index in [-0.39, 0.29) is 0 Å². The van der Waals surface area contributed by atoms with Crippen LogP contribution in [0.2, 0.25) is 0 Å². The summed E-state index contributed by atoms with van der Waals surface area (Å²) in [6.45, 7) is 11.1. The van der Waals surface area contributed by atoms with Crippen molar-refractivity contribution in [2.45, 2.75) is 52.7 Å². The maximum Gasteiger partial charge on any atom is 0.0766 e. The van der Waals surface area contributed by atoms with Crippen LogP contribution in [0.15, 0.2) is 0 Å². The highest BCUT2D eigenvalue weighted by Crippen LogP contribution is 2.15. The molecule has 0 amide bonds. The molecule has 0 fully saturated rings. The van der Waals surface area contributed by atoms with Gasteiger partial charge in [0, 0.05) is 12.6 Å². The van der Waals surface area contributed by atoms with E-state index in [1.807, 2.05) is 18.7 Å². The quantitative estimate of drug-likeness (QED) is 0.632. The molecule has 92 valence electrons. The van der Waals surface area contributed by atoms with Crippen LogP contribution in [0.3, 0.4) is 0 Å². The lowest BCUT2D eigenvalue weighted by atomic mass is 9.92. The summed E-state index contributed by atoms with van der Waals surface area (Å²) in [5.74, 6) is 2.69. The van der Waals surface area contributed by atoms with Gasteiger partial charge in [-0.05, 0) is 37.7 Å². The Labute approximate surface area is 99.2 Å². The van der Waals surface area contributed by atoms with Crippen LogP contribution in [0.25, 0.3) is 0 Å². The third kappa shape index (κ3) is 7.20. The molecule has 0 aliphatic heterocycles. The van der Waals surface area contributed by atoms with Crippen molar-refractivity contribution in [3.8, 4) is 0 Å². The molecule has 0 spiro atoms. The van der Waals surface area contributed by atoms with Crippen LogP contribution in [0, 0.1) is 5.92 Å². The first-order chi connectivity index (χ1) is 6.90. The summed E-state index contributed by atoms with van der Waals surface area (Å²) >= 11 is 1.97. The number of nitrogens with one attached hydrogen (secondary N) is 1. The molecule has 0 saturated carbocycles. The minimum atomic E-state index is -0.591. The van der Waals surface area contributed by atoms with Crippen LogP contribution >= 0.6 is 11.8 Å². The molecule has 2 unspecified atom stereocenters. The van der Waals surface area contributed by atoms with E-state index in [0.717, 1.165) is 0 Å². The van der Waals surface area contributed by atoms with Crippen LogP contribution in [0.1, 0.15) is 41.0 Å². The van der Waals surface area contributed by atoms with Gasteiger partial charge < -0.3 is 10.4 Å². The van der Waals surface area contributed by atoms with Gasteiger partial charge in [0.05, 0.1) is 5.60 Å². The molecule has 2 nitrogen and oxygen atoms in total.